The Bertz CT molecular complexity index is 1650. The summed E-state index contributed by atoms with van der Waals surface area (Å²) in [7, 11) is 4.22. The lowest BCUT2D eigenvalue weighted by Gasteiger charge is -2.24. The highest BCUT2D eigenvalue weighted by Crippen LogP contribution is 2.31. The maximum atomic E-state index is 12.1. The number of aryl methyl sites for hydroxylation is 1. The number of rotatable bonds is 17. The summed E-state index contributed by atoms with van der Waals surface area (Å²) < 4.78 is 2.34. The van der Waals surface area contributed by atoms with Crippen LogP contribution in [0.3, 0.4) is 0 Å². The van der Waals surface area contributed by atoms with Gasteiger partial charge in [-0.1, -0.05) is 19.9 Å². The molecule has 10 heteroatoms. The Morgan fingerprint density at radius 1 is 1.02 bits per heavy atom. The quantitative estimate of drug-likeness (QED) is 0.110. The Kier molecular flexibility index (Phi) is 11.0. The van der Waals surface area contributed by atoms with Crippen LogP contribution >= 0.6 is 11.3 Å². The number of fused-ring (bicyclic) bond motifs is 1. The molecule has 0 aliphatic carbocycles. The Hall–Kier alpha value is -3.99. The second-order valence-corrected chi connectivity index (χ2v) is 13.0. The standard InChI is InChI=1S/C35H46N8OS/c1-5-18-42(19-6-2)27-11-8-25(9-12-27)35-39-31-22-26(10-14-32(31)43(35)21-7-20-41(3)4)30(23-34(36)44)37-24-28-13-15-33(45-28)29-16-17-38-40-29/h8-17,22,30,37H,5-7,18-21,23-24H2,1-4H3,(H2,36,44)(H,38,40). The summed E-state index contributed by atoms with van der Waals surface area (Å²) in [5, 5.41) is 10.7. The molecule has 0 fully saturated rings. The first-order chi connectivity index (χ1) is 21.9. The lowest BCUT2D eigenvalue weighted by Crippen LogP contribution is -2.26. The van der Waals surface area contributed by atoms with Crippen LogP contribution in [0.1, 0.15) is 56.0 Å². The summed E-state index contributed by atoms with van der Waals surface area (Å²) in [6.07, 6.45) is 5.21. The van der Waals surface area contributed by atoms with Gasteiger partial charge in [-0.25, -0.2) is 4.98 Å². The van der Waals surface area contributed by atoms with Crippen molar-refractivity contribution in [2.75, 3.05) is 38.6 Å². The molecule has 3 aromatic heterocycles. The number of nitrogens with zero attached hydrogens (tertiary/aromatic N) is 5. The summed E-state index contributed by atoms with van der Waals surface area (Å²) in [4.78, 5) is 24.3. The zero-order valence-corrected chi connectivity index (χ0v) is 27.7. The molecule has 1 unspecified atom stereocenters. The van der Waals surface area contributed by atoms with E-state index in [9.17, 15) is 4.79 Å². The van der Waals surface area contributed by atoms with E-state index in [2.05, 4.69) is 112 Å². The molecule has 0 bridgehead atoms. The average Bonchev–Trinajstić information content (AvgIpc) is 3.79. The molecule has 45 heavy (non-hydrogen) atoms. The fraction of sp³-hybridized carbons (Fsp3) is 0.400. The van der Waals surface area contributed by atoms with E-state index in [0.29, 0.717) is 6.54 Å². The number of carbonyl (C=O) groups is 1. The summed E-state index contributed by atoms with van der Waals surface area (Å²) in [6, 6.07) is 21.2. The van der Waals surface area contributed by atoms with Crippen LogP contribution in [0.5, 0.6) is 0 Å². The number of amides is 1. The minimum absolute atomic E-state index is 0.203. The SMILES string of the molecule is CCCN(CCC)c1ccc(-c2nc3cc(C(CC(N)=O)NCc4ccc(-c5ccn[nH]5)s4)ccc3n2CCCN(C)C)cc1. The molecular weight excluding hydrogens is 581 g/mol. The van der Waals surface area contributed by atoms with Gasteiger partial charge in [0.15, 0.2) is 0 Å². The van der Waals surface area contributed by atoms with Crippen LogP contribution in [0.25, 0.3) is 33.0 Å². The van der Waals surface area contributed by atoms with E-state index in [-0.39, 0.29) is 18.4 Å². The van der Waals surface area contributed by atoms with Crippen LogP contribution < -0.4 is 16.0 Å². The molecule has 0 radical (unpaired) electrons. The van der Waals surface area contributed by atoms with Crippen molar-refractivity contribution >= 4 is 34.0 Å². The maximum absolute atomic E-state index is 12.1. The number of benzene rings is 2. The number of thiophene rings is 1. The van der Waals surface area contributed by atoms with Gasteiger partial charge in [0.1, 0.15) is 5.82 Å². The number of primary amides is 1. The first kappa shape index (κ1) is 32.4. The number of anilines is 1. The van der Waals surface area contributed by atoms with Crippen molar-refractivity contribution in [1.29, 1.82) is 0 Å². The number of hydrogen-bond acceptors (Lipinski definition) is 7. The number of aromatic amines is 1. The van der Waals surface area contributed by atoms with E-state index < -0.39 is 0 Å². The van der Waals surface area contributed by atoms with Crippen molar-refractivity contribution in [3.63, 3.8) is 0 Å². The molecule has 1 amide bonds. The van der Waals surface area contributed by atoms with Gasteiger partial charge >= 0.3 is 0 Å². The molecule has 238 valence electrons. The van der Waals surface area contributed by atoms with E-state index in [4.69, 9.17) is 10.7 Å². The highest BCUT2D eigenvalue weighted by Gasteiger charge is 2.19. The molecule has 5 aromatic rings. The Morgan fingerprint density at radius 2 is 1.80 bits per heavy atom. The zero-order valence-electron chi connectivity index (χ0n) is 26.9. The third-order valence-electron chi connectivity index (χ3n) is 8.00. The van der Waals surface area contributed by atoms with Crippen LogP contribution in [-0.2, 0) is 17.9 Å². The van der Waals surface area contributed by atoms with E-state index >= 15 is 0 Å². The first-order valence-corrected chi connectivity index (χ1v) is 16.8. The van der Waals surface area contributed by atoms with E-state index in [0.717, 1.165) is 84.0 Å². The van der Waals surface area contributed by atoms with Gasteiger partial charge in [-0.05, 0) is 100 Å². The molecule has 9 nitrogen and oxygen atoms in total. The number of nitrogens with one attached hydrogen (secondary N) is 2. The van der Waals surface area contributed by atoms with Crippen LogP contribution in [0, 0.1) is 0 Å². The number of aromatic nitrogens is 4. The first-order valence-electron chi connectivity index (χ1n) is 16.0. The van der Waals surface area contributed by atoms with Crippen molar-refractivity contribution in [1.82, 2.24) is 30.0 Å². The smallest absolute Gasteiger partial charge is 0.219 e. The highest BCUT2D eigenvalue weighted by atomic mass is 32.1. The lowest BCUT2D eigenvalue weighted by atomic mass is 10.0. The van der Waals surface area contributed by atoms with E-state index in [1.54, 1.807) is 17.5 Å². The van der Waals surface area contributed by atoms with Gasteiger partial charge in [-0.15, -0.1) is 11.3 Å². The summed E-state index contributed by atoms with van der Waals surface area (Å²) in [6.45, 7) is 9.04. The largest absolute Gasteiger partial charge is 0.372 e. The van der Waals surface area contributed by atoms with Crippen LogP contribution in [0.2, 0.25) is 0 Å². The van der Waals surface area contributed by atoms with Crippen molar-refractivity contribution < 1.29 is 4.79 Å². The van der Waals surface area contributed by atoms with Gasteiger partial charge in [-0.3, -0.25) is 9.89 Å². The molecule has 0 saturated heterocycles. The minimum atomic E-state index is -0.341. The van der Waals surface area contributed by atoms with Crippen molar-refractivity contribution in [3.05, 3.63) is 77.3 Å². The molecule has 4 N–H and O–H groups in total. The number of imidazole rings is 1. The van der Waals surface area contributed by atoms with Crippen molar-refractivity contribution in [3.8, 4) is 22.0 Å². The molecule has 0 saturated carbocycles. The fourth-order valence-corrected chi connectivity index (χ4v) is 6.76. The van der Waals surface area contributed by atoms with Crippen molar-refractivity contribution in [2.45, 2.75) is 58.7 Å². The van der Waals surface area contributed by atoms with Gasteiger partial charge in [0.2, 0.25) is 5.91 Å². The lowest BCUT2D eigenvalue weighted by molar-refractivity contribution is -0.118. The van der Waals surface area contributed by atoms with Gasteiger partial charge in [0.25, 0.3) is 0 Å². The third-order valence-corrected chi connectivity index (χ3v) is 9.11. The second-order valence-electron chi connectivity index (χ2n) is 11.9. The van der Waals surface area contributed by atoms with Gasteiger partial charge in [0.05, 0.1) is 21.6 Å². The monoisotopic (exact) mass is 626 g/mol. The molecule has 2 aromatic carbocycles. The second kappa shape index (κ2) is 15.3. The zero-order chi connectivity index (χ0) is 31.8. The molecule has 0 aliphatic rings. The molecule has 5 rings (SSSR count). The number of hydrogen-bond donors (Lipinski definition) is 3. The normalized spacial score (nSPS) is 12.3. The Balaban J connectivity index is 1.43. The number of nitrogens with two attached hydrogens (primary N) is 1. The van der Waals surface area contributed by atoms with Crippen molar-refractivity contribution in [2.24, 2.45) is 5.73 Å². The molecule has 0 spiro atoms. The topological polar surface area (TPSA) is 108 Å². The molecule has 3 heterocycles. The number of H-pyrrole nitrogens is 1. The van der Waals surface area contributed by atoms with Gasteiger partial charge in [-0.2, -0.15) is 5.10 Å². The predicted octanol–water partition coefficient (Wildman–Crippen LogP) is 6.44. The Morgan fingerprint density at radius 3 is 2.47 bits per heavy atom. The van der Waals surface area contributed by atoms with Crippen LogP contribution in [0.15, 0.2) is 66.9 Å². The predicted molar refractivity (Wildman–Crippen MR) is 186 cm³/mol. The van der Waals surface area contributed by atoms with Gasteiger partial charge in [0, 0.05) is 61.0 Å². The maximum Gasteiger partial charge on any atom is 0.219 e. The Labute approximate surface area is 270 Å². The summed E-state index contributed by atoms with van der Waals surface area (Å²) in [5.74, 6) is 0.626. The van der Waals surface area contributed by atoms with E-state index in [1.807, 2.05) is 6.07 Å². The molecule has 1 atom stereocenters. The minimum Gasteiger partial charge on any atom is -0.372 e. The molecular formula is C35H46N8OS. The number of carbonyl (C=O) groups excluding carboxylic acids is 1. The van der Waals surface area contributed by atoms with E-state index in [1.165, 1.54) is 10.6 Å². The molecule has 0 aliphatic heterocycles. The van der Waals surface area contributed by atoms with Gasteiger partial charge < -0.3 is 25.4 Å². The highest BCUT2D eigenvalue weighted by molar-refractivity contribution is 7.15. The third kappa shape index (κ3) is 8.19. The van der Waals surface area contributed by atoms with Crippen LogP contribution in [-0.4, -0.2) is 64.3 Å². The summed E-state index contributed by atoms with van der Waals surface area (Å²) in [5.41, 5.74) is 12.1. The fourth-order valence-electron chi connectivity index (χ4n) is 5.83. The summed E-state index contributed by atoms with van der Waals surface area (Å²) >= 11 is 1.70. The average molecular weight is 627 g/mol. The van der Waals surface area contributed by atoms with Crippen LogP contribution in [0.4, 0.5) is 5.69 Å².